The maximum Gasteiger partial charge on any atom is 0.271 e. The van der Waals surface area contributed by atoms with E-state index in [9.17, 15) is 9.59 Å². The van der Waals surface area contributed by atoms with Gasteiger partial charge in [0.2, 0.25) is 0 Å². The van der Waals surface area contributed by atoms with Gasteiger partial charge in [0.05, 0.1) is 11.1 Å². The van der Waals surface area contributed by atoms with Gasteiger partial charge in [-0.3, -0.25) is 9.59 Å². The van der Waals surface area contributed by atoms with E-state index in [1.54, 1.807) is 35.0 Å². The van der Waals surface area contributed by atoms with E-state index in [0.29, 0.717) is 34.7 Å². The Bertz CT molecular complexity index is 1130. The van der Waals surface area contributed by atoms with E-state index in [1.807, 2.05) is 16.7 Å². The van der Waals surface area contributed by atoms with Crippen molar-refractivity contribution < 1.29 is 4.79 Å². The van der Waals surface area contributed by atoms with Crippen LogP contribution in [0.2, 0.25) is 5.02 Å². The van der Waals surface area contributed by atoms with Crippen LogP contribution in [0, 0.1) is 5.92 Å². The SMILES string of the molecule is Cl.O=C(NC[C@H]1[C@@H]2CNC[C@@H](C2)c2cccc(=O)n21)c1cn2cc(Cl)ccc2n1. The Morgan fingerprint density at radius 2 is 2.10 bits per heavy atom. The minimum atomic E-state index is -0.253. The van der Waals surface area contributed by atoms with Crippen LogP contribution >= 0.6 is 24.0 Å². The molecule has 152 valence electrons. The summed E-state index contributed by atoms with van der Waals surface area (Å²) in [5, 5.41) is 7.02. The van der Waals surface area contributed by atoms with Gasteiger partial charge < -0.3 is 19.6 Å². The Morgan fingerprint density at radius 3 is 2.97 bits per heavy atom. The van der Waals surface area contributed by atoms with Crippen molar-refractivity contribution in [3.05, 3.63) is 69.5 Å². The van der Waals surface area contributed by atoms with Crippen LogP contribution in [-0.4, -0.2) is 39.5 Å². The van der Waals surface area contributed by atoms with Crippen LogP contribution in [0.15, 0.2) is 47.5 Å². The normalized spacial score (nSPS) is 22.6. The minimum Gasteiger partial charge on any atom is -0.349 e. The average Bonchev–Trinajstić information content (AvgIpc) is 3.12. The lowest BCUT2D eigenvalue weighted by atomic mass is 9.79. The first kappa shape index (κ1) is 19.9. The van der Waals surface area contributed by atoms with Crippen LogP contribution in [0.1, 0.15) is 34.6 Å². The van der Waals surface area contributed by atoms with Crippen LogP contribution < -0.4 is 16.2 Å². The molecular weight excluding hydrogens is 413 g/mol. The number of hydrogen-bond donors (Lipinski definition) is 2. The maximum absolute atomic E-state index is 12.7. The first-order valence-electron chi connectivity index (χ1n) is 9.45. The summed E-state index contributed by atoms with van der Waals surface area (Å²) in [6, 6.07) is 8.88. The molecule has 1 amide bonds. The molecule has 2 N–H and O–H groups in total. The highest BCUT2D eigenvalue weighted by atomic mass is 35.5. The third-order valence-corrected chi connectivity index (χ3v) is 6.04. The summed E-state index contributed by atoms with van der Waals surface area (Å²) in [4.78, 5) is 29.6. The molecule has 0 unspecified atom stereocenters. The van der Waals surface area contributed by atoms with Crippen molar-refractivity contribution >= 4 is 35.6 Å². The molecule has 0 aliphatic carbocycles. The van der Waals surface area contributed by atoms with E-state index in [0.717, 1.165) is 25.2 Å². The Kier molecular flexibility index (Phi) is 5.38. The highest BCUT2D eigenvalue weighted by Crippen LogP contribution is 2.38. The van der Waals surface area contributed by atoms with E-state index in [2.05, 4.69) is 15.6 Å². The van der Waals surface area contributed by atoms with Gasteiger partial charge in [-0.05, 0) is 30.5 Å². The molecule has 5 heterocycles. The molecule has 1 saturated heterocycles. The summed E-state index contributed by atoms with van der Waals surface area (Å²) >= 11 is 5.99. The molecule has 1 fully saturated rings. The number of carbonyl (C=O) groups excluding carboxylic acids is 1. The number of aromatic nitrogens is 3. The molecule has 0 saturated carbocycles. The molecular formula is C20H21Cl2N5O2. The lowest BCUT2D eigenvalue weighted by Gasteiger charge is -2.43. The number of pyridine rings is 2. The fourth-order valence-corrected chi connectivity index (χ4v) is 4.70. The summed E-state index contributed by atoms with van der Waals surface area (Å²) in [6.07, 6.45) is 4.41. The fourth-order valence-electron chi connectivity index (χ4n) is 4.53. The van der Waals surface area contributed by atoms with Gasteiger partial charge in [0.25, 0.3) is 11.5 Å². The minimum absolute atomic E-state index is 0. The summed E-state index contributed by atoms with van der Waals surface area (Å²) in [5.41, 5.74) is 2.04. The van der Waals surface area contributed by atoms with Crippen molar-refractivity contribution in [2.24, 2.45) is 5.92 Å². The molecule has 3 aromatic heterocycles. The predicted octanol–water partition coefficient (Wildman–Crippen LogP) is 2.25. The highest BCUT2D eigenvalue weighted by Gasteiger charge is 2.37. The van der Waals surface area contributed by atoms with Crippen molar-refractivity contribution in [1.29, 1.82) is 0 Å². The monoisotopic (exact) mass is 433 g/mol. The molecule has 9 heteroatoms. The standard InChI is InChI=1S/C20H20ClN5O2.ClH/c21-14-4-5-18-24-15(11-25(18)10-14)20(28)23-9-17-13-6-12(7-22-8-13)16-2-1-3-19(27)26(16)17;/h1-5,10-13,17,22H,6-9H2,(H,23,28);1H/t12-,13+,17+;/m1./s1. The van der Waals surface area contributed by atoms with Gasteiger partial charge in [0.1, 0.15) is 11.3 Å². The molecule has 2 aliphatic heterocycles. The summed E-state index contributed by atoms with van der Waals surface area (Å²) in [7, 11) is 0. The molecule has 5 rings (SSSR count). The number of rotatable bonds is 3. The Balaban J connectivity index is 0.00000205. The maximum atomic E-state index is 12.7. The predicted molar refractivity (Wildman–Crippen MR) is 113 cm³/mol. The number of piperidine rings is 1. The van der Waals surface area contributed by atoms with Gasteiger partial charge in [0, 0.05) is 49.7 Å². The zero-order valence-corrected chi connectivity index (χ0v) is 17.1. The van der Waals surface area contributed by atoms with Gasteiger partial charge >= 0.3 is 0 Å². The van der Waals surface area contributed by atoms with E-state index in [1.165, 1.54) is 0 Å². The zero-order chi connectivity index (χ0) is 19.3. The highest BCUT2D eigenvalue weighted by molar-refractivity contribution is 6.30. The molecule has 2 aliphatic rings. The van der Waals surface area contributed by atoms with Crippen LogP contribution in [0.25, 0.3) is 5.65 Å². The Hall–Kier alpha value is -2.35. The number of amides is 1. The van der Waals surface area contributed by atoms with Crippen LogP contribution in [0.4, 0.5) is 0 Å². The number of halogens is 2. The van der Waals surface area contributed by atoms with Crippen LogP contribution in [-0.2, 0) is 0 Å². The molecule has 0 spiro atoms. The van der Waals surface area contributed by atoms with E-state index < -0.39 is 0 Å². The number of nitrogens with one attached hydrogen (secondary N) is 2. The third kappa shape index (κ3) is 3.54. The summed E-state index contributed by atoms with van der Waals surface area (Å²) in [5.74, 6) is 0.408. The van der Waals surface area contributed by atoms with E-state index in [-0.39, 0.29) is 29.9 Å². The largest absolute Gasteiger partial charge is 0.349 e. The Labute approximate surface area is 178 Å². The van der Waals surface area contributed by atoms with Crippen molar-refractivity contribution in [3.8, 4) is 0 Å². The topological polar surface area (TPSA) is 80.4 Å². The number of nitrogens with zero attached hydrogens (tertiary/aromatic N) is 3. The smallest absolute Gasteiger partial charge is 0.271 e. The number of imidazole rings is 1. The number of hydrogen-bond acceptors (Lipinski definition) is 4. The molecule has 3 aromatic rings. The number of fused-ring (bicyclic) bond motifs is 5. The van der Waals surface area contributed by atoms with Crippen LogP contribution in [0.5, 0.6) is 0 Å². The molecule has 2 bridgehead atoms. The van der Waals surface area contributed by atoms with Gasteiger partial charge in [-0.15, -0.1) is 12.4 Å². The second kappa shape index (κ2) is 7.82. The van der Waals surface area contributed by atoms with Crippen molar-refractivity contribution in [3.63, 3.8) is 0 Å². The summed E-state index contributed by atoms with van der Waals surface area (Å²) < 4.78 is 3.61. The molecule has 0 radical (unpaired) electrons. The van der Waals surface area contributed by atoms with E-state index in [4.69, 9.17) is 11.6 Å². The van der Waals surface area contributed by atoms with Gasteiger partial charge in [-0.1, -0.05) is 17.7 Å². The first-order valence-corrected chi connectivity index (χ1v) is 9.82. The lowest BCUT2D eigenvalue weighted by molar-refractivity contribution is 0.0928. The number of carbonyl (C=O) groups is 1. The van der Waals surface area contributed by atoms with Crippen molar-refractivity contribution in [2.75, 3.05) is 19.6 Å². The van der Waals surface area contributed by atoms with Crippen molar-refractivity contribution in [2.45, 2.75) is 18.4 Å². The Morgan fingerprint density at radius 1 is 1.24 bits per heavy atom. The van der Waals surface area contributed by atoms with Gasteiger partial charge in [-0.2, -0.15) is 0 Å². The fraction of sp³-hybridized carbons (Fsp3) is 0.350. The zero-order valence-electron chi connectivity index (χ0n) is 15.5. The lowest BCUT2D eigenvalue weighted by Crippen LogP contribution is -2.50. The molecule has 3 atom stereocenters. The van der Waals surface area contributed by atoms with Crippen LogP contribution in [0.3, 0.4) is 0 Å². The third-order valence-electron chi connectivity index (χ3n) is 5.82. The second-order valence-electron chi connectivity index (χ2n) is 7.53. The molecule has 29 heavy (non-hydrogen) atoms. The van der Waals surface area contributed by atoms with E-state index >= 15 is 0 Å². The second-order valence-corrected chi connectivity index (χ2v) is 7.96. The van der Waals surface area contributed by atoms with Gasteiger partial charge in [0.15, 0.2) is 0 Å². The first-order chi connectivity index (χ1) is 13.6. The summed E-state index contributed by atoms with van der Waals surface area (Å²) in [6.45, 7) is 2.14. The van der Waals surface area contributed by atoms with Crippen molar-refractivity contribution in [1.82, 2.24) is 24.6 Å². The average molecular weight is 434 g/mol. The molecule has 7 nitrogen and oxygen atoms in total. The van der Waals surface area contributed by atoms with Gasteiger partial charge in [-0.25, -0.2) is 4.98 Å². The molecule has 0 aromatic carbocycles. The quantitative estimate of drug-likeness (QED) is 0.663.